The Kier molecular flexibility index (Phi) is 5.38. The molecule has 1 unspecified atom stereocenters. The summed E-state index contributed by atoms with van der Waals surface area (Å²) in [5.41, 5.74) is 7.17. The molecule has 3 nitrogen and oxygen atoms in total. The summed E-state index contributed by atoms with van der Waals surface area (Å²) < 4.78 is 40.3. The molecule has 0 aliphatic heterocycles. The second-order valence-electron chi connectivity index (χ2n) is 4.25. The Bertz CT molecular complexity index is 432. The maximum absolute atomic E-state index is 12.1. The molecule has 106 valence electrons. The highest BCUT2D eigenvalue weighted by Crippen LogP contribution is 2.25. The third-order valence-electron chi connectivity index (χ3n) is 2.38. The highest BCUT2D eigenvalue weighted by Gasteiger charge is 2.31. The lowest BCUT2D eigenvalue weighted by molar-refractivity contribution is -0.274. The molecule has 0 saturated carbocycles. The van der Waals surface area contributed by atoms with E-state index in [2.05, 4.69) is 16.6 Å². The average molecular weight is 274 g/mol. The molecule has 0 aliphatic rings. The molecule has 19 heavy (non-hydrogen) atoms. The van der Waals surface area contributed by atoms with Crippen LogP contribution in [0.2, 0.25) is 0 Å². The van der Waals surface area contributed by atoms with Gasteiger partial charge in [-0.25, -0.2) is 0 Å². The Labute approximate surface area is 110 Å². The number of rotatable bonds is 6. The van der Waals surface area contributed by atoms with E-state index in [0.717, 1.165) is 5.57 Å². The normalized spacial score (nSPS) is 13.1. The van der Waals surface area contributed by atoms with E-state index in [1.165, 1.54) is 18.2 Å². The molecule has 0 aliphatic carbocycles. The van der Waals surface area contributed by atoms with Crippen molar-refractivity contribution in [2.24, 2.45) is 5.73 Å². The van der Waals surface area contributed by atoms with Gasteiger partial charge in [0, 0.05) is 19.1 Å². The molecule has 3 N–H and O–H groups in total. The molecule has 0 amide bonds. The zero-order valence-electron chi connectivity index (χ0n) is 10.6. The number of hydrogen-bond donors (Lipinski definition) is 2. The van der Waals surface area contributed by atoms with Crippen LogP contribution in [0.3, 0.4) is 0 Å². The van der Waals surface area contributed by atoms with E-state index in [9.17, 15) is 13.2 Å². The van der Waals surface area contributed by atoms with Gasteiger partial charge in [-0.05, 0) is 24.6 Å². The Morgan fingerprint density at radius 3 is 2.68 bits per heavy atom. The average Bonchev–Trinajstić information content (AvgIpc) is 2.27. The van der Waals surface area contributed by atoms with Gasteiger partial charge in [-0.1, -0.05) is 24.3 Å². The smallest absolute Gasteiger partial charge is 0.406 e. The van der Waals surface area contributed by atoms with Crippen molar-refractivity contribution in [1.82, 2.24) is 5.32 Å². The first-order valence-corrected chi connectivity index (χ1v) is 5.75. The number of nitrogens with one attached hydrogen (secondary N) is 1. The number of halogens is 3. The van der Waals surface area contributed by atoms with Gasteiger partial charge in [-0.15, -0.1) is 13.2 Å². The Hall–Kier alpha value is -1.53. The van der Waals surface area contributed by atoms with Gasteiger partial charge in [-0.3, -0.25) is 0 Å². The van der Waals surface area contributed by atoms with Gasteiger partial charge in [0.1, 0.15) is 5.75 Å². The van der Waals surface area contributed by atoms with Gasteiger partial charge in [-0.2, -0.15) is 0 Å². The monoisotopic (exact) mass is 274 g/mol. The summed E-state index contributed by atoms with van der Waals surface area (Å²) >= 11 is 0. The van der Waals surface area contributed by atoms with Crippen LogP contribution >= 0.6 is 0 Å². The van der Waals surface area contributed by atoms with Crippen molar-refractivity contribution in [1.29, 1.82) is 0 Å². The lowest BCUT2D eigenvalue weighted by Crippen LogP contribution is -2.29. The number of ether oxygens (including phenoxy) is 1. The molecule has 0 heterocycles. The van der Waals surface area contributed by atoms with Crippen molar-refractivity contribution in [2.45, 2.75) is 19.3 Å². The first-order valence-electron chi connectivity index (χ1n) is 5.75. The standard InChI is InChI=1S/C13H17F3N2O/c1-9(2)8-18-12(7-17)10-4-3-5-11(6-10)19-13(14,15)16/h3-6,12,18H,1,7-8,17H2,2H3. The van der Waals surface area contributed by atoms with Crippen LogP contribution in [0, 0.1) is 0 Å². The molecule has 1 aromatic rings. The molecule has 0 bridgehead atoms. The molecule has 1 atom stereocenters. The minimum atomic E-state index is -4.69. The maximum atomic E-state index is 12.1. The lowest BCUT2D eigenvalue weighted by atomic mass is 10.1. The molecule has 0 saturated heterocycles. The van der Waals surface area contributed by atoms with Crippen molar-refractivity contribution in [3.63, 3.8) is 0 Å². The van der Waals surface area contributed by atoms with Crippen LogP contribution in [0.1, 0.15) is 18.5 Å². The largest absolute Gasteiger partial charge is 0.573 e. The molecule has 1 rings (SSSR count). The number of alkyl halides is 3. The summed E-state index contributed by atoms with van der Waals surface area (Å²) in [5.74, 6) is -0.249. The fourth-order valence-electron chi connectivity index (χ4n) is 1.56. The Morgan fingerprint density at radius 1 is 1.47 bits per heavy atom. The number of hydrogen-bond acceptors (Lipinski definition) is 3. The molecule has 1 aromatic carbocycles. The minimum absolute atomic E-state index is 0.242. The van der Waals surface area contributed by atoms with Gasteiger partial charge < -0.3 is 15.8 Å². The van der Waals surface area contributed by atoms with E-state index in [0.29, 0.717) is 12.1 Å². The van der Waals surface area contributed by atoms with Crippen molar-refractivity contribution in [2.75, 3.05) is 13.1 Å². The highest BCUT2D eigenvalue weighted by atomic mass is 19.4. The highest BCUT2D eigenvalue weighted by molar-refractivity contribution is 5.31. The van der Waals surface area contributed by atoms with Crippen LogP contribution in [0.15, 0.2) is 36.4 Å². The first-order chi connectivity index (χ1) is 8.81. The zero-order valence-corrected chi connectivity index (χ0v) is 10.6. The fourth-order valence-corrected chi connectivity index (χ4v) is 1.56. The number of benzene rings is 1. The quantitative estimate of drug-likeness (QED) is 0.784. The topological polar surface area (TPSA) is 47.3 Å². The van der Waals surface area contributed by atoms with Crippen LogP contribution in [-0.4, -0.2) is 19.5 Å². The number of nitrogens with two attached hydrogens (primary N) is 1. The molecule has 0 radical (unpaired) electrons. The van der Waals surface area contributed by atoms with Crippen LogP contribution in [0.4, 0.5) is 13.2 Å². The first kappa shape index (κ1) is 15.5. The summed E-state index contributed by atoms with van der Waals surface area (Å²) in [6.07, 6.45) is -4.69. The molecular formula is C13H17F3N2O. The SMILES string of the molecule is C=C(C)CNC(CN)c1cccc(OC(F)(F)F)c1. The van der Waals surface area contributed by atoms with Crippen molar-refractivity contribution in [3.05, 3.63) is 42.0 Å². The van der Waals surface area contributed by atoms with Gasteiger partial charge in [0.15, 0.2) is 0 Å². The third kappa shape index (κ3) is 5.76. The lowest BCUT2D eigenvalue weighted by Gasteiger charge is -2.18. The molecule has 6 heteroatoms. The van der Waals surface area contributed by atoms with Crippen LogP contribution in [0.5, 0.6) is 5.75 Å². The Morgan fingerprint density at radius 2 is 2.16 bits per heavy atom. The summed E-state index contributed by atoms with van der Waals surface area (Å²) in [6, 6.07) is 5.54. The van der Waals surface area contributed by atoms with Gasteiger partial charge in [0.25, 0.3) is 0 Å². The van der Waals surface area contributed by atoms with Crippen LogP contribution in [0.25, 0.3) is 0 Å². The zero-order chi connectivity index (χ0) is 14.5. The Balaban J connectivity index is 2.81. The maximum Gasteiger partial charge on any atom is 0.573 e. The van der Waals surface area contributed by atoms with E-state index in [4.69, 9.17) is 5.73 Å². The second kappa shape index (κ2) is 6.58. The van der Waals surface area contributed by atoms with Gasteiger partial charge in [0.05, 0.1) is 0 Å². The van der Waals surface area contributed by atoms with Crippen molar-refractivity contribution in [3.8, 4) is 5.75 Å². The summed E-state index contributed by atoms with van der Waals surface area (Å²) in [5, 5.41) is 3.11. The van der Waals surface area contributed by atoms with E-state index in [1.54, 1.807) is 6.07 Å². The summed E-state index contributed by atoms with van der Waals surface area (Å²) in [4.78, 5) is 0. The van der Waals surface area contributed by atoms with Crippen LogP contribution in [-0.2, 0) is 0 Å². The van der Waals surface area contributed by atoms with Crippen LogP contribution < -0.4 is 15.8 Å². The minimum Gasteiger partial charge on any atom is -0.406 e. The van der Waals surface area contributed by atoms with E-state index < -0.39 is 6.36 Å². The van der Waals surface area contributed by atoms with E-state index >= 15 is 0 Å². The predicted molar refractivity (Wildman–Crippen MR) is 67.7 cm³/mol. The fraction of sp³-hybridized carbons (Fsp3) is 0.385. The molecule has 0 fully saturated rings. The van der Waals surface area contributed by atoms with Gasteiger partial charge in [0.2, 0.25) is 0 Å². The van der Waals surface area contributed by atoms with Crippen molar-refractivity contribution < 1.29 is 17.9 Å². The third-order valence-corrected chi connectivity index (χ3v) is 2.38. The molecule has 0 aromatic heterocycles. The molecular weight excluding hydrogens is 257 g/mol. The van der Waals surface area contributed by atoms with Gasteiger partial charge >= 0.3 is 6.36 Å². The predicted octanol–water partition coefficient (Wildman–Crippen LogP) is 2.75. The summed E-state index contributed by atoms with van der Waals surface area (Å²) in [7, 11) is 0. The molecule has 0 spiro atoms. The van der Waals surface area contributed by atoms with Crippen molar-refractivity contribution >= 4 is 0 Å². The van der Waals surface area contributed by atoms with E-state index in [1.807, 2.05) is 6.92 Å². The van der Waals surface area contributed by atoms with E-state index in [-0.39, 0.29) is 18.3 Å². The second-order valence-corrected chi connectivity index (χ2v) is 4.25. The summed E-state index contributed by atoms with van der Waals surface area (Å²) in [6.45, 7) is 6.41.